The summed E-state index contributed by atoms with van der Waals surface area (Å²) in [7, 11) is 0. The minimum Gasteiger partial charge on any atom is -0.368 e. The molecule has 1 aliphatic rings. The van der Waals surface area contributed by atoms with Gasteiger partial charge in [-0.1, -0.05) is 0 Å². The SMILES string of the molecule is NN=C(N)N1CCN(c2nccs2)CC1. The van der Waals surface area contributed by atoms with Crippen LogP contribution in [0.5, 0.6) is 0 Å². The summed E-state index contributed by atoms with van der Waals surface area (Å²) in [5, 5.41) is 6.54. The summed E-state index contributed by atoms with van der Waals surface area (Å²) in [4.78, 5) is 8.49. The molecule has 0 unspecified atom stereocenters. The lowest BCUT2D eigenvalue weighted by Crippen LogP contribution is -2.51. The Hall–Kier alpha value is -1.50. The van der Waals surface area contributed by atoms with Crippen LogP contribution in [0.1, 0.15) is 0 Å². The van der Waals surface area contributed by atoms with Crippen LogP contribution < -0.4 is 16.5 Å². The van der Waals surface area contributed by atoms with Gasteiger partial charge in [0, 0.05) is 37.8 Å². The van der Waals surface area contributed by atoms with Crippen LogP contribution in [0.15, 0.2) is 16.7 Å². The van der Waals surface area contributed by atoms with Gasteiger partial charge >= 0.3 is 0 Å². The minimum absolute atomic E-state index is 0.411. The van der Waals surface area contributed by atoms with Crippen molar-refractivity contribution in [1.29, 1.82) is 0 Å². The van der Waals surface area contributed by atoms with E-state index in [4.69, 9.17) is 11.6 Å². The van der Waals surface area contributed by atoms with E-state index in [1.54, 1.807) is 11.3 Å². The van der Waals surface area contributed by atoms with Gasteiger partial charge in [-0.3, -0.25) is 0 Å². The molecule has 6 nitrogen and oxygen atoms in total. The zero-order valence-corrected chi connectivity index (χ0v) is 9.15. The monoisotopic (exact) mass is 226 g/mol. The van der Waals surface area contributed by atoms with Crippen LogP contribution in [-0.4, -0.2) is 42.0 Å². The molecule has 0 aliphatic carbocycles. The van der Waals surface area contributed by atoms with Crippen molar-refractivity contribution in [3.05, 3.63) is 11.6 Å². The average molecular weight is 226 g/mol. The van der Waals surface area contributed by atoms with Gasteiger partial charge in [-0.2, -0.15) is 0 Å². The van der Waals surface area contributed by atoms with Crippen molar-refractivity contribution in [3.8, 4) is 0 Å². The second-order valence-electron chi connectivity index (χ2n) is 3.28. The van der Waals surface area contributed by atoms with Crippen LogP contribution in [0.2, 0.25) is 0 Å². The van der Waals surface area contributed by atoms with Crippen molar-refractivity contribution in [2.75, 3.05) is 31.1 Å². The first-order valence-electron chi connectivity index (χ1n) is 4.74. The van der Waals surface area contributed by atoms with Gasteiger partial charge in [0.25, 0.3) is 0 Å². The molecule has 2 rings (SSSR count). The Balaban J connectivity index is 1.93. The fraction of sp³-hybridized carbons (Fsp3) is 0.500. The van der Waals surface area contributed by atoms with Crippen LogP contribution in [0.25, 0.3) is 0 Å². The van der Waals surface area contributed by atoms with Gasteiger partial charge < -0.3 is 21.4 Å². The second kappa shape index (κ2) is 4.35. The number of hydrogen-bond acceptors (Lipinski definition) is 5. The van der Waals surface area contributed by atoms with Crippen molar-refractivity contribution < 1.29 is 0 Å². The van der Waals surface area contributed by atoms with E-state index in [2.05, 4.69) is 15.0 Å². The molecule has 82 valence electrons. The predicted molar refractivity (Wildman–Crippen MR) is 61.7 cm³/mol. The Kier molecular flexibility index (Phi) is 2.91. The van der Waals surface area contributed by atoms with Crippen molar-refractivity contribution in [2.45, 2.75) is 0 Å². The normalized spacial score (nSPS) is 18.3. The second-order valence-corrected chi connectivity index (χ2v) is 4.15. The van der Waals surface area contributed by atoms with Crippen LogP contribution in [0.4, 0.5) is 5.13 Å². The zero-order chi connectivity index (χ0) is 10.7. The van der Waals surface area contributed by atoms with Gasteiger partial charge in [0.15, 0.2) is 5.13 Å². The highest BCUT2D eigenvalue weighted by Crippen LogP contribution is 2.18. The summed E-state index contributed by atoms with van der Waals surface area (Å²) in [6.07, 6.45) is 1.82. The third-order valence-corrected chi connectivity index (χ3v) is 3.26. The maximum absolute atomic E-state index is 5.63. The van der Waals surface area contributed by atoms with Crippen molar-refractivity contribution in [2.24, 2.45) is 16.7 Å². The Morgan fingerprint density at radius 3 is 2.67 bits per heavy atom. The first-order chi connectivity index (χ1) is 7.31. The number of rotatable bonds is 1. The van der Waals surface area contributed by atoms with Crippen LogP contribution in [0.3, 0.4) is 0 Å². The van der Waals surface area contributed by atoms with Gasteiger partial charge in [-0.25, -0.2) is 4.98 Å². The van der Waals surface area contributed by atoms with Gasteiger partial charge in [-0.05, 0) is 0 Å². The molecule has 0 spiro atoms. The van der Waals surface area contributed by atoms with E-state index in [9.17, 15) is 0 Å². The third-order valence-electron chi connectivity index (χ3n) is 2.43. The average Bonchev–Trinajstić information content (AvgIpc) is 2.82. The van der Waals surface area contributed by atoms with E-state index >= 15 is 0 Å². The van der Waals surface area contributed by atoms with Gasteiger partial charge in [0.05, 0.1) is 0 Å². The number of piperazine rings is 1. The lowest BCUT2D eigenvalue weighted by atomic mass is 10.3. The lowest BCUT2D eigenvalue weighted by Gasteiger charge is -2.34. The first-order valence-corrected chi connectivity index (χ1v) is 5.62. The number of nitrogens with zero attached hydrogens (tertiary/aromatic N) is 4. The molecular weight excluding hydrogens is 212 g/mol. The molecule has 1 saturated heterocycles. The smallest absolute Gasteiger partial charge is 0.213 e. The molecule has 0 bridgehead atoms. The largest absolute Gasteiger partial charge is 0.368 e. The number of aromatic nitrogens is 1. The number of nitrogens with two attached hydrogens (primary N) is 2. The van der Waals surface area contributed by atoms with E-state index in [-0.39, 0.29) is 0 Å². The molecule has 1 fully saturated rings. The summed E-state index contributed by atoms with van der Waals surface area (Å²) in [6.45, 7) is 3.49. The lowest BCUT2D eigenvalue weighted by molar-refractivity contribution is 0.381. The van der Waals surface area contributed by atoms with Crippen LogP contribution >= 0.6 is 11.3 Å². The van der Waals surface area contributed by atoms with Crippen molar-refractivity contribution >= 4 is 22.4 Å². The van der Waals surface area contributed by atoms with Gasteiger partial charge in [-0.15, -0.1) is 16.4 Å². The van der Waals surface area contributed by atoms with Gasteiger partial charge in [0.2, 0.25) is 5.96 Å². The Labute approximate surface area is 92.2 Å². The molecule has 0 atom stereocenters. The van der Waals surface area contributed by atoms with Gasteiger partial charge in [0.1, 0.15) is 0 Å². The molecule has 7 heteroatoms. The molecule has 0 saturated carbocycles. The summed E-state index contributed by atoms with van der Waals surface area (Å²) in [5.74, 6) is 5.54. The Morgan fingerprint density at radius 2 is 2.13 bits per heavy atom. The molecule has 1 aliphatic heterocycles. The maximum Gasteiger partial charge on any atom is 0.213 e. The summed E-state index contributed by atoms with van der Waals surface area (Å²) < 4.78 is 0. The molecule has 1 aromatic rings. The number of hydrazone groups is 1. The van der Waals surface area contributed by atoms with Crippen molar-refractivity contribution in [3.63, 3.8) is 0 Å². The quantitative estimate of drug-likeness (QED) is 0.291. The highest BCUT2D eigenvalue weighted by atomic mass is 32.1. The standard InChI is InChI=1S/C8H14N6S/c9-7(12-10)13-2-4-14(5-3-13)8-11-1-6-15-8/h1,6H,2-5,10H2,(H2,9,12). The molecular formula is C8H14N6S. The molecule has 0 radical (unpaired) electrons. The van der Waals surface area contributed by atoms with Crippen molar-refractivity contribution in [1.82, 2.24) is 9.88 Å². The third kappa shape index (κ3) is 2.12. The summed E-state index contributed by atoms with van der Waals surface area (Å²) in [5.41, 5.74) is 5.63. The fourth-order valence-electron chi connectivity index (χ4n) is 1.58. The fourth-order valence-corrected chi connectivity index (χ4v) is 2.28. The van der Waals surface area contributed by atoms with Crippen LogP contribution in [0, 0.1) is 0 Å². The first kappa shape index (κ1) is 10.0. The Morgan fingerprint density at radius 1 is 1.40 bits per heavy atom. The van der Waals surface area contributed by atoms with E-state index in [0.29, 0.717) is 5.96 Å². The number of hydrogen-bond donors (Lipinski definition) is 2. The molecule has 0 amide bonds. The molecule has 4 N–H and O–H groups in total. The van der Waals surface area contributed by atoms with E-state index < -0.39 is 0 Å². The summed E-state index contributed by atoms with van der Waals surface area (Å²) in [6, 6.07) is 0. The molecule has 2 heterocycles. The molecule has 1 aromatic heterocycles. The highest BCUT2D eigenvalue weighted by molar-refractivity contribution is 7.13. The topological polar surface area (TPSA) is 83.8 Å². The van der Waals surface area contributed by atoms with E-state index in [1.807, 2.05) is 16.5 Å². The van der Waals surface area contributed by atoms with E-state index in [0.717, 1.165) is 31.3 Å². The summed E-state index contributed by atoms with van der Waals surface area (Å²) >= 11 is 1.65. The maximum atomic E-state index is 5.63. The number of thiazole rings is 1. The Bertz CT molecular complexity index is 327. The van der Waals surface area contributed by atoms with Crippen LogP contribution in [-0.2, 0) is 0 Å². The number of guanidine groups is 1. The molecule has 15 heavy (non-hydrogen) atoms. The molecule has 0 aromatic carbocycles. The number of anilines is 1. The predicted octanol–water partition coefficient (Wildman–Crippen LogP) is -0.546. The minimum atomic E-state index is 0.411. The zero-order valence-electron chi connectivity index (χ0n) is 8.33. The van der Waals surface area contributed by atoms with E-state index in [1.165, 1.54) is 0 Å². The highest BCUT2D eigenvalue weighted by Gasteiger charge is 2.19.